The monoisotopic (exact) mass is 340 g/mol. The van der Waals surface area contributed by atoms with Crippen LogP contribution < -0.4 is 5.73 Å². The Morgan fingerprint density at radius 1 is 0.885 bits per heavy atom. The van der Waals surface area contributed by atoms with E-state index in [0.717, 1.165) is 38.9 Å². The molecule has 1 heterocycles. The third-order valence-electron chi connectivity index (χ3n) is 4.79. The van der Waals surface area contributed by atoms with Crippen molar-refractivity contribution >= 4 is 16.8 Å². The highest BCUT2D eigenvalue weighted by atomic mass is 16.1. The van der Waals surface area contributed by atoms with Crippen molar-refractivity contribution in [2.45, 2.75) is 12.8 Å². The summed E-state index contributed by atoms with van der Waals surface area (Å²) in [6.07, 6.45) is 0. The second-order valence-corrected chi connectivity index (χ2v) is 6.57. The molecule has 4 rings (SSSR count). The van der Waals surface area contributed by atoms with Gasteiger partial charge in [0.1, 0.15) is 0 Å². The van der Waals surface area contributed by atoms with Crippen molar-refractivity contribution in [3.8, 4) is 11.3 Å². The molecule has 3 N–H and O–H groups in total. The van der Waals surface area contributed by atoms with Crippen molar-refractivity contribution < 1.29 is 4.79 Å². The van der Waals surface area contributed by atoms with Crippen molar-refractivity contribution in [2.24, 2.45) is 5.73 Å². The number of benzene rings is 3. The molecule has 0 saturated carbocycles. The predicted molar refractivity (Wildman–Crippen MR) is 106 cm³/mol. The van der Waals surface area contributed by atoms with Gasteiger partial charge in [0.25, 0.3) is 0 Å². The van der Waals surface area contributed by atoms with E-state index in [-0.39, 0.29) is 5.91 Å². The van der Waals surface area contributed by atoms with Gasteiger partial charge < -0.3 is 10.7 Å². The highest BCUT2D eigenvalue weighted by Crippen LogP contribution is 2.38. The zero-order valence-electron chi connectivity index (χ0n) is 14.6. The summed E-state index contributed by atoms with van der Waals surface area (Å²) in [6, 6.07) is 26.1. The van der Waals surface area contributed by atoms with Gasteiger partial charge >= 0.3 is 0 Å². The number of amides is 1. The molecule has 4 aromatic rings. The number of fused-ring (bicyclic) bond motifs is 1. The van der Waals surface area contributed by atoms with Crippen LogP contribution in [0.25, 0.3) is 22.2 Å². The number of H-pyrrole nitrogens is 1. The first-order valence-electron chi connectivity index (χ1n) is 8.67. The summed E-state index contributed by atoms with van der Waals surface area (Å²) in [5, 5.41) is 1.02. The van der Waals surface area contributed by atoms with Crippen LogP contribution in [0.2, 0.25) is 0 Å². The van der Waals surface area contributed by atoms with Gasteiger partial charge in [-0.1, -0.05) is 78.4 Å². The van der Waals surface area contributed by atoms with E-state index < -0.39 is 5.92 Å². The Labute approximate surface area is 152 Å². The molecule has 3 aromatic carbocycles. The predicted octanol–water partition coefficient (Wildman–Crippen LogP) is 4.76. The molecule has 0 bridgehead atoms. The normalized spacial score (nSPS) is 12.2. The second-order valence-electron chi connectivity index (χ2n) is 6.57. The van der Waals surface area contributed by atoms with E-state index in [4.69, 9.17) is 5.73 Å². The number of carbonyl (C=O) groups excluding carboxylic acids is 1. The minimum absolute atomic E-state index is 0.351. The van der Waals surface area contributed by atoms with Gasteiger partial charge in [-0.05, 0) is 24.1 Å². The van der Waals surface area contributed by atoms with Crippen LogP contribution in [-0.4, -0.2) is 10.9 Å². The molecule has 0 aliphatic carbocycles. The first-order valence-corrected chi connectivity index (χ1v) is 8.67. The minimum Gasteiger partial charge on any atom is -0.369 e. The van der Waals surface area contributed by atoms with Crippen LogP contribution in [0, 0.1) is 6.92 Å². The Morgan fingerprint density at radius 2 is 1.54 bits per heavy atom. The van der Waals surface area contributed by atoms with E-state index in [1.165, 1.54) is 0 Å². The van der Waals surface area contributed by atoms with E-state index in [2.05, 4.69) is 4.98 Å². The van der Waals surface area contributed by atoms with Crippen LogP contribution >= 0.6 is 0 Å². The molecule has 0 fully saturated rings. The Morgan fingerprint density at radius 3 is 2.23 bits per heavy atom. The lowest BCUT2D eigenvalue weighted by atomic mass is 9.87. The molecule has 1 amide bonds. The summed E-state index contributed by atoms with van der Waals surface area (Å²) in [7, 11) is 0. The Bertz CT molecular complexity index is 1060. The first-order chi connectivity index (χ1) is 12.6. The number of aromatic amines is 1. The zero-order valence-corrected chi connectivity index (χ0v) is 14.6. The topological polar surface area (TPSA) is 58.9 Å². The Kier molecular flexibility index (Phi) is 4.05. The standard InChI is InChI=1S/C23H20N2O/c1-15-11-13-16(14-12-15)20(23(24)26)21-18-9-5-6-10-19(18)25-22(21)17-7-3-2-4-8-17/h2-14,20,25H,1H3,(H2,24,26). The number of aromatic nitrogens is 1. The molecule has 0 aliphatic rings. The van der Waals surface area contributed by atoms with Gasteiger partial charge in [0.2, 0.25) is 5.91 Å². The van der Waals surface area contributed by atoms with Gasteiger partial charge in [0.05, 0.1) is 11.6 Å². The third kappa shape index (κ3) is 2.78. The molecule has 3 nitrogen and oxygen atoms in total. The third-order valence-corrected chi connectivity index (χ3v) is 4.79. The summed E-state index contributed by atoms with van der Waals surface area (Å²) < 4.78 is 0. The number of carbonyl (C=O) groups is 1. The summed E-state index contributed by atoms with van der Waals surface area (Å²) >= 11 is 0. The highest BCUT2D eigenvalue weighted by Gasteiger charge is 2.27. The van der Waals surface area contributed by atoms with E-state index in [1.807, 2.05) is 85.8 Å². The second kappa shape index (κ2) is 6.52. The lowest BCUT2D eigenvalue weighted by Gasteiger charge is -2.16. The first kappa shape index (κ1) is 16.2. The fourth-order valence-corrected chi connectivity index (χ4v) is 3.53. The molecule has 1 unspecified atom stereocenters. The van der Waals surface area contributed by atoms with Gasteiger partial charge in [-0.2, -0.15) is 0 Å². The molecule has 0 aliphatic heterocycles. The maximum absolute atomic E-state index is 12.5. The molecule has 0 radical (unpaired) electrons. The quantitative estimate of drug-likeness (QED) is 0.553. The van der Waals surface area contributed by atoms with E-state index in [0.29, 0.717) is 0 Å². The lowest BCUT2D eigenvalue weighted by molar-refractivity contribution is -0.118. The summed E-state index contributed by atoms with van der Waals surface area (Å²) in [4.78, 5) is 16.0. The Balaban J connectivity index is 2.01. The molecule has 3 heteroatoms. The smallest absolute Gasteiger partial charge is 0.229 e. The SMILES string of the molecule is Cc1ccc(C(C(N)=O)c2c(-c3ccccc3)[nH]c3ccccc23)cc1. The van der Waals surface area contributed by atoms with E-state index >= 15 is 0 Å². The molecular weight excluding hydrogens is 320 g/mol. The van der Waals surface area contributed by atoms with Crippen LogP contribution in [0.5, 0.6) is 0 Å². The Hall–Kier alpha value is -3.33. The molecule has 0 saturated heterocycles. The molecule has 1 aromatic heterocycles. The maximum Gasteiger partial charge on any atom is 0.229 e. The van der Waals surface area contributed by atoms with Crippen LogP contribution in [0.15, 0.2) is 78.9 Å². The summed E-state index contributed by atoms with van der Waals surface area (Å²) in [6.45, 7) is 2.03. The van der Waals surface area contributed by atoms with Crippen molar-refractivity contribution in [2.75, 3.05) is 0 Å². The van der Waals surface area contributed by atoms with Crippen molar-refractivity contribution in [1.82, 2.24) is 4.98 Å². The van der Waals surface area contributed by atoms with E-state index in [1.54, 1.807) is 0 Å². The minimum atomic E-state index is -0.512. The number of primary amides is 1. The van der Waals surface area contributed by atoms with Crippen molar-refractivity contribution in [3.05, 3.63) is 95.6 Å². The zero-order chi connectivity index (χ0) is 18.1. The number of hydrogen-bond donors (Lipinski definition) is 2. The summed E-state index contributed by atoms with van der Waals surface area (Å²) in [5.41, 5.74) is 11.9. The average molecular weight is 340 g/mol. The van der Waals surface area contributed by atoms with Crippen molar-refractivity contribution in [1.29, 1.82) is 0 Å². The van der Waals surface area contributed by atoms with Gasteiger partial charge in [-0.15, -0.1) is 0 Å². The number of para-hydroxylation sites is 1. The molecule has 1 atom stereocenters. The molecule has 0 spiro atoms. The summed E-state index contributed by atoms with van der Waals surface area (Å²) in [5.74, 6) is -0.863. The number of nitrogens with two attached hydrogens (primary N) is 1. The van der Waals surface area contributed by atoms with Crippen LogP contribution in [-0.2, 0) is 4.79 Å². The largest absolute Gasteiger partial charge is 0.369 e. The van der Waals surface area contributed by atoms with Crippen LogP contribution in [0.4, 0.5) is 0 Å². The van der Waals surface area contributed by atoms with Crippen molar-refractivity contribution in [3.63, 3.8) is 0 Å². The highest BCUT2D eigenvalue weighted by molar-refractivity contribution is 5.98. The molecule has 26 heavy (non-hydrogen) atoms. The van der Waals surface area contributed by atoms with Gasteiger partial charge in [-0.3, -0.25) is 4.79 Å². The number of aryl methyl sites for hydroxylation is 1. The van der Waals surface area contributed by atoms with Gasteiger partial charge in [0, 0.05) is 16.5 Å². The number of rotatable bonds is 4. The average Bonchev–Trinajstić information content (AvgIpc) is 3.03. The fraction of sp³-hybridized carbons (Fsp3) is 0.0870. The maximum atomic E-state index is 12.5. The van der Waals surface area contributed by atoms with Crippen LogP contribution in [0.3, 0.4) is 0 Å². The fourth-order valence-electron chi connectivity index (χ4n) is 3.53. The lowest BCUT2D eigenvalue weighted by Crippen LogP contribution is -2.22. The van der Waals surface area contributed by atoms with E-state index in [9.17, 15) is 4.79 Å². The number of hydrogen-bond acceptors (Lipinski definition) is 1. The molecule has 128 valence electrons. The molecular formula is C23H20N2O. The van der Waals surface area contributed by atoms with Gasteiger partial charge in [0.15, 0.2) is 0 Å². The number of nitrogens with one attached hydrogen (secondary N) is 1. The van der Waals surface area contributed by atoms with Gasteiger partial charge in [-0.25, -0.2) is 0 Å². The van der Waals surface area contributed by atoms with Crippen LogP contribution in [0.1, 0.15) is 22.6 Å².